The van der Waals surface area contributed by atoms with Crippen LogP contribution < -0.4 is 5.32 Å². The number of benzene rings is 1. The van der Waals surface area contributed by atoms with Gasteiger partial charge >= 0.3 is 0 Å². The molecule has 0 radical (unpaired) electrons. The van der Waals surface area contributed by atoms with Crippen LogP contribution in [-0.2, 0) is 9.53 Å². The molecule has 0 aliphatic carbocycles. The van der Waals surface area contributed by atoms with Crippen LogP contribution in [-0.4, -0.2) is 18.6 Å². The number of hydrogen-bond donors (Lipinski definition) is 1. The van der Waals surface area contributed by atoms with Crippen molar-refractivity contribution in [3.8, 4) is 0 Å². The monoisotopic (exact) mass is 241 g/mol. The van der Waals surface area contributed by atoms with Gasteiger partial charge in [0.15, 0.2) is 0 Å². The first-order chi connectivity index (χ1) is 8.15. The van der Waals surface area contributed by atoms with Gasteiger partial charge in [0.05, 0.1) is 0 Å². The van der Waals surface area contributed by atoms with Crippen LogP contribution in [0.1, 0.15) is 19.3 Å². The topological polar surface area (TPSA) is 38.3 Å². The Kier molecular flexibility index (Phi) is 3.68. The lowest BCUT2D eigenvalue weighted by molar-refractivity contribution is -0.129. The van der Waals surface area contributed by atoms with Crippen molar-refractivity contribution in [1.29, 1.82) is 0 Å². The van der Waals surface area contributed by atoms with E-state index in [1.807, 2.05) is 0 Å². The first-order valence-corrected chi connectivity index (χ1v) is 5.54. The Labute approximate surface area is 97.8 Å². The number of nitrogens with one attached hydrogen (secondary N) is 1. The highest BCUT2D eigenvalue weighted by Crippen LogP contribution is 2.17. The number of ether oxygens (including phenoxy) is 1. The Balaban J connectivity index is 2.01. The first kappa shape index (κ1) is 12.0. The summed E-state index contributed by atoms with van der Waals surface area (Å²) >= 11 is 0. The van der Waals surface area contributed by atoms with Gasteiger partial charge in [-0.05, 0) is 31.4 Å². The summed E-state index contributed by atoms with van der Waals surface area (Å²) < 4.78 is 31.1. The fourth-order valence-electron chi connectivity index (χ4n) is 1.80. The maximum atomic E-state index is 12.9. The molecular weight excluding hydrogens is 228 g/mol. The molecule has 1 aliphatic rings. The minimum atomic E-state index is -0.718. The Bertz CT molecular complexity index is 397. The lowest BCUT2D eigenvalue weighted by atomic mass is 10.1. The van der Waals surface area contributed by atoms with Gasteiger partial charge < -0.3 is 10.1 Å². The fourth-order valence-corrected chi connectivity index (χ4v) is 1.80. The summed E-state index contributed by atoms with van der Waals surface area (Å²) in [5.74, 6) is -1.79. The van der Waals surface area contributed by atoms with E-state index in [9.17, 15) is 13.6 Å². The second kappa shape index (κ2) is 5.23. The molecule has 1 aromatic carbocycles. The predicted molar refractivity (Wildman–Crippen MR) is 58.6 cm³/mol. The van der Waals surface area contributed by atoms with Crippen molar-refractivity contribution in [2.45, 2.75) is 25.4 Å². The quantitative estimate of drug-likeness (QED) is 0.863. The lowest BCUT2D eigenvalue weighted by Gasteiger charge is -2.21. The molecule has 1 unspecified atom stereocenters. The molecule has 0 saturated carbocycles. The van der Waals surface area contributed by atoms with Gasteiger partial charge in [0, 0.05) is 18.4 Å². The van der Waals surface area contributed by atoms with Crippen molar-refractivity contribution >= 4 is 11.6 Å². The molecule has 1 aromatic rings. The molecule has 92 valence electrons. The third-order valence-electron chi connectivity index (χ3n) is 2.60. The standard InChI is InChI=1S/C12H13F2NO2/c13-8-5-9(14)7-10(6-8)15-12(16)11-3-1-2-4-17-11/h5-7,11H,1-4H2,(H,15,16). The van der Waals surface area contributed by atoms with Gasteiger partial charge in [-0.2, -0.15) is 0 Å². The van der Waals surface area contributed by atoms with E-state index in [1.165, 1.54) is 0 Å². The molecule has 1 N–H and O–H groups in total. The van der Waals surface area contributed by atoms with E-state index in [-0.39, 0.29) is 11.6 Å². The minimum absolute atomic E-state index is 0.113. The highest BCUT2D eigenvalue weighted by atomic mass is 19.1. The van der Waals surface area contributed by atoms with Crippen LogP contribution in [0.2, 0.25) is 0 Å². The summed E-state index contributed by atoms with van der Waals surface area (Å²) in [7, 11) is 0. The number of hydrogen-bond acceptors (Lipinski definition) is 2. The normalized spacial score (nSPS) is 20.0. The number of anilines is 1. The summed E-state index contributed by atoms with van der Waals surface area (Å²) in [6, 6.07) is 2.90. The van der Waals surface area contributed by atoms with Crippen LogP contribution in [0.3, 0.4) is 0 Å². The molecule has 5 heteroatoms. The number of rotatable bonds is 2. The SMILES string of the molecule is O=C(Nc1cc(F)cc(F)c1)C1CCCCO1. The van der Waals surface area contributed by atoms with E-state index in [2.05, 4.69) is 5.32 Å². The average molecular weight is 241 g/mol. The molecule has 1 atom stereocenters. The second-order valence-electron chi connectivity index (χ2n) is 4.00. The molecule has 1 fully saturated rings. The van der Waals surface area contributed by atoms with Gasteiger partial charge in [-0.3, -0.25) is 4.79 Å². The smallest absolute Gasteiger partial charge is 0.253 e. The molecule has 0 bridgehead atoms. The molecule has 17 heavy (non-hydrogen) atoms. The van der Waals surface area contributed by atoms with Crippen molar-refractivity contribution in [2.24, 2.45) is 0 Å². The second-order valence-corrected chi connectivity index (χ2v) is 4.00. The molecular formula is C12H13F2NO2. The van der Waals surface area contributed by atoms with Crippen LogP contribution in [0.5, 0.6) is 0 Å². The van der Waals surface area contributed by atoms with Gasteiger partial charge in [-0.15, -0.1) is 0 Å². The van der Waals surface area contributed by atoms with Crippen molar-refractivity contribution in [2.75, 3.05) is 11.9 Å². The summed E-state index contributed by atoms with van der Waals surface area (Å²) in [5, 5.41) is 2.45. The first-order valence-electron chi connectivity index (χ1n) is 5.54. The summed E-state index contributed by atoms with van der Waals surface area (Å²) in [4.78, 5) is 11.7. The maximum Gasteiger partial charge on any atom is 0.253 e. The van der Waals surface area contributed by atoms with E-state index in [1.54, 1.807) is 0 Å². The maximum absolute atomic E-state index is 12.9. The minimum Gasteiger partial charge on any atom is -0.368 e. The van der Waals surface area contributed by atoms with Gasteiger partial charge in [0.25, 0.3) is 5.91 Å². The molecule has 0 spiro atoms. The molecule has 0 aromatic heterocycles. The molecule has 1 aliphatic heterocycles. The number of amides is 1. The summed E-state index contributed by atoms with van der Waals surface area (Å²) in [6.07, 6.45) is 1.99. The van der Waals surface area contributed by atoms with Crippen molar-refractivity contribution < 1.29 is 18.3 Å². The van der Waals surface area contributed by atoms with Crippen LogP contribution in [0.25, 0.3) is 0 Å². The zero-order valence-corrected chi connectivity index (χ0v) is 9.21. The Morgan fingerprint density at radius 1 is 1.24 bits per heavy atom. The fraction of sp³-hybridized carbons (Fsp3) is 0.417. The van der Waals surface area contributed by atoms with Gasteiger partial charge in [-0.25, -0.2) is 8.78 Å². The van der Waals surface area contributed by atoms with E-state index < -0.39 is 17.7 Å². The molecule has 1 saturated heterocycles. The highest BCUT2D eigenvalue weighted by molar-refractivity contribution is 5.94. The van der Waals surface area contributed by atoms with E-state index >= 15 is 0 Å². The molecule has 1 heterocycles. The largest absolute Gasteiger partial charge is 0.368 e. The zero-order valence-electron chi connectivity index (χ0n) is 9.21. The molecule has 3 nitrogen and oxygen atoms in total. The number of halogens is 2. The number of carbonyl (C=O) groups is 1. The molecule has 2 rings (SSSR count). The summed E-state index contributed by atoms with van der Waals surface area (Å²) in [5.41, 5.74) is 0.113. The van der Waals surface area contributed by atoms with E-state index in [4.69, 9.17) is 4.74 Å². The van der Waals surface area contributed by atoms with Gasteiger partial charge in [0.2, 0.25) is 0 Å². The van der Waals surface area contributed by atoms with Crippen LogP contribution in [0.15, 0.2) is 18.2 Å². The Morgan fingerprint density at radius 2 is 1.94 bits per heavy atom. The van der Waals surface area contributed by atoms with Gasteiger partial charge in [-0.1, -0.05) is 0 Å². The lowest BCUT2D eigenvalue weighted by Crippen LogP contribution is -2.33. The zero-order chi connectivity index (χ0) is 12.3. The van der Waals surface area contributed by atoms with Crippen molar-refractivity contribution in [3.63, 3.8) is 0 Å². The van der Waals surface area contributed by atoms with Crippen LogP contribution in [0, 0.1) is 11.6 Å². The summed E-state index contributed by atoms with van der Waals surface area (Å²) in [6.45, 7) is 0.551. The average Bonchev–Trinajstić information content (AvgIpc) is 2.28. The van der Waals surface area contributed by atoms with Crippen LogP contribution >= 0.6 is 0 Å². The van der Waals surface area contributed by atoms with E-state index in [0.29, 0.717) is 13.0 Å². The Morgan fingerprint density at radius 3 is 2.53 bits per heavy atom. The molecule has 1 amide bonds. The van der Waals surface area contributed by atoms with Crippen molar-refractivity contribution in [1.82, 2.24) is 0 Å². The van der Waals surface area contributed by atoms with Crippen molar-refractivity contribution in [3.05, 3.63) is 29.8 Å². The third kappa shape index (κ3) is 3.23. The van der Waals surface area contributed by atoms with E-state index in [0.717, 1.165) is 31.0 Å². The predicted octanol–water partition coefficient (Wildman–Crippen LogP) is 2.47. The van der Waals surface area contributed by atoms with Gasteiger partial charge in [0.1, 0.15) is 17.7 Å². The van der Waals surface area contributed by atoms with Crippen LogP contribution in [0.4, 0.5) is 14.5 Å². The highest BCUT2D eigenvalue weighted by Gasteiger charge is 2.22. The number of carbonyl (C=O) groups excluding carboxylic acids is 1. The third-order valence-corrected chi connectivity index (χ3v) is 2.60. The Hall–Kier alpha value is -1.49.